The van der Waals surface area contributed by atoms with Gasteiger partial charge in [0, 0.05) is 25.3 Å². The van der Waals surface area contributed by atoms with Crippen LogP contribution in [0, 0.1) is 5.82 Å². The number of benzene rings is 2. The van der Waals surface area contributed by atoms with Crippen LogP contribution in [0.25, 0.3) is 0 Å². The number of amides is 2. The first-order valence-corrected chi connectivity index (χ1v) is 6.50. The molecule has 0 spiro atoms. The Bertz CT molecular complexity index is 629. The summed E-state index contributed by atoms with van der Waals surface area (Å²) < 4.78 is 13.5. The Labute approximate surface area is 122 Å². The Morgan fingerprint density at radius 1 is 1.19 bits per heavy atom. The van der Waals surface area contributed by atoms with Gasteiger partial charge in [0.1, 0.15) is 11.9 Å². The molecule has 21 heavy (non-hydrogen) atoms. The standard InChI is InChI=1S/C16H17FN2O2/c1-19(2)16(21)18-14-9-8-12(17)10-13(14)15(20)11-6-4-3-5-7-11/h3-10,15,20H,1-2H3,(H,18,21). The summed E-state index contributed by atoms with van der Waals surface area (Å²) in [5, 5.41) is 13.1. The van der Waals surface area contributed by atoms with Crippen LogP contribution < -0.4 is 5.32 Å². The molecule has 0 fully saturated rings. The second kappa shape index (κ2) is 6.37. The number of halogens is 1. The molecule has 0 aliphatic heterocycles. The van der Waals surface area contributed by atoms with Crippen molar-refractivity contribution in [3.05, 3.63) is 65.5 Å². The van der Waals surface area contributed by atoms with Crippen molar-refractivity contribution >= 4 is 11.7 Å². The summed E-state index contributed by atoms with van der Waals surface area (Å²) >= 11 is 0. The van der Waals surface area contributed by atoms with E-state index >= 15 is 0 Å². The molecule has 1 atom stereocenters. The molecule has 0 radical (unpaired) electrons. The van der Waals surface area contributed by atoms with Crippen LogP contribution in [0.4, 0.5) is 14.9 Å². The molecule has 1 unspecified atom stereocenters. The fourth-order valence-electron chi connectivity index (χ4n) is 1.92. The number of aliphatic hydroxyl groups excluding tert-OH is 1. The number of rotatable bonds is 3. The summed E-state index contributed by atoms with van der Waals surface area (Å²) in [6.07, 6.45) is -1.01. The van der Waals surface area contributed by atoms with Gasteiger partial charge in [-0.05, 0) is 23.8 Å². The molecule has 0 aliphatic carbocycles. The Morgan fingerprint density at radius 2 is 1.86 bits per heavy atom. The predicted molar refractivity (Wildman–Crippen MR) is 79.6 cm³/mol. The number of hydrogen-bond donors (Lipinski definition) is 2. The van der Waals surface area contributed by atoms with Crippen LogP contribution >= 0.6 is 0 Å². The quantitative estimate of drug-likeness (QED) is 0.912. The third kappa shape index (κ3) is 3.58. The molecule has 0 heterocycles. The average molecular weight is 288 g/mol. The van der Waals surface area contributed by atoms with Crippen LogP contribution in [0.2, 0.25) is 0 Å². The van der Waals surface area contributed by atoms with Crippen molar-refractivity contribution in [2.24, 2.45) is 0 Å². The van der Waals surface area contributed by atoms with E-state index in [1.165, 1.54) is 23.1 Å². The second-order valence-corrected chi connectivity index (χ2v) is 4.87. The van der Waals surface area contributed by atoms with Gasteiger partial charge in [-0.3, -0.25) is 0 Å². The van der Waals surface area contributed by atoms with Crippen molar-refractivity contribution in [1.29, 1.82) is 0 Å². The van der Waals surface area contributed by atoms with Crippen molar-refractivity contribution in [2.45, 2.75) is 6.10 Å². The van der Waals surface area contributed by atoms with Gasteiger partial charge in [0.15, 0.2) is 0 Å². The number of carbonyl (C=O) groups is 1. The van der Waals surface area contributed by atoms with E-state index in [-0.39, 0.29) is 6.03 Å². The Kier molecular flexibility index (Phi) is 4.55. The maximum absolute atomic E-state index is 13.5. The fraction of sp³-hybridized carbons (Fsp3) is 0.188. The molecule has 2 aromatic carbocycles. The number of nitrogens with zero attached hydrogens (tertiary/aromatic N) is 1. The van der Waals surface area contributed by atoms with Crippen molar-refractivity contribution < 1.29 is 14.3 Å². The van der Waals surface area contributed by atoms with Crippen molar-refractivity contribution in [2.75, 3.05) is 19.4 Å². The monoisotopic (exact) mass is 288 g/mol. The zero-order valence-corrected chi connectivity index (χ0v) is 11.9. The lowest BCUT2D eigenvalue weighted by molar-refractivity contribution is 0.220. The first kappa shape index (κ1) is 15.0. The van der Waals surface area contributed by atoms with Crippen LogP contribution in [0.3, 0.4) is 0 Å². The predicted octanol–water partition coefficient (Wildman–Crippen LogP) is 3.00. The van der Waals surface area contributed by atoms with Crippen molar-refractivity contribution in [3.63, 3.8) is 0 Å². The Morgan fingerprint density at radius 3 is 2.48 bits per heavy atom. The topological polar surface area (TPSA) is 52.6 Å². The molecule has 0 saturated heterocycles. The summed E-state index contributed by atoms with van der Waals surface area (Å²) in [7, 11) is 3.21. The molecule has 0 aromatic heterocycles. The lowest BCUT2D eigenvalue weighted by atomic mass is 10.00. The van der Waals surface area contributed by atoms with Crippen LogP contribution in [0.5, 0.6) is 0 Å². The normalized spacial score (nSPS) is 11.8. The Hall–Kier alpha value is -2.40. The van der Waals surface area contributed by atoms with Crippen molar-refractivity contribution in [3.8, 4) is 0 Å². The van der Waals surface area contributed by atoms with Gasteiger partial charge in [0.05, 0.1) is 0 Å². The summed E-state index contributed by atoms with van der Waals surface area (Å²) in [6.45, 7) is 0. The van der Waals surface area contributed by atoms with E-state index in [0.717, 1.165) is 0 Å². The van der Waals surface area contributed by atoms with Gasteiger partial charge in [0.25, 0.3) is 0 Å². The largest absolute Gasteiger partial charge is 0.384 e. The molecule has 2 aromatic rings. The molecule has 5 heteroatoms. The maximum atomic E-state index is 13.5. The highest BCUT2D eigenvalue weighted by atomic mass is 19.1. The van der Waals surface area contributed by atoms with Gasteiger partial charge < -0.3 is 15.3 Å². The van der Waals surface area contributed by atoms with E-state index in [1.54, 1.807) is 38.4 Å². The zero-order chi connectivity index (χ0) is 15.4. The third-order valence-electron chi connectivity index (χ3n) is 3.07. The van der Waals surface area contributed by atoms with E-state index < -0.39 is 11.9 Å². The minimum absolute atomic E-state index is 0.316. The van der Waals surface area contributed by atoms with E-state index in [4.69, 9.17) is 0 Å². The van der Waals surface area contributed by atoms with Crippen LogP contribution in [-0.4, -0.2) is 30.1 Å². The summed E-state index contributed by atoms with van der Waals surface area (Å²) in [5.41, 5.74) is 1.33. The van der Waals surface area contributed by atoms with E-state index in [1.807, 2.05) is 6.07 Å². The van der Waals surface area contributed by atoms with E-state index in [0.29, 0.717) is 16.8 Å². The van der Waals surface area contributed by atoms with Gasteiger partial charge >= 0.3 is 6.03 Å². The summed E-state index contributed by atoms with van der Waals surface area (Å²) in [5.74, 6) is -0.470. The molecular formula is C16H17FN2O2. The molecule has 4 nitrogen and oxygen atoms in total. The van der Waals surface area contributed by atoms with Crippen molar-refractivity contribution in [1.82, 2.24) is 4.90 Å². The van der Waals surface area contributed by atoms with Crippen LogP contribution in [-0.2, 0) is 0 Å². The highest BCUT2D eigenvalue weighted by molar-refractivity contribution is 5.90. The minimum Gasteiger partial charge on any atom is -0.384 e. The molecule has 2 rings (SSSR count). The van der Waals surface area contributed by atoms with E-state index in [9.17, 15) is 14.3 Å². The van der Waals surface area contributed by atoms with Crippen LogP contribution in [0.15, 0.2) is 48.5 Å². The van der Waals surface area contributed by atoms with E-state index in [2.05, 4.69) is 5.32 Å². The highest BCUT2D eigenvalue weighted by Gasteiger charge is 2.17. The number of carbonyl (C=O) groups excluding carboxylic acids is 1. The molecule has 0 saturated carbocycles. The number of nitrogens with one attached hydrogen (secondary N) is 1. The molecule has 2 amide bonds. The average Bonchev–Trinajstić information content (AvgIpc) is 2.49. The number of anilines is 1. The smallest absolute Gasteiger partial charge is 0.321 e. The van der Waals surface area contributed by atoms with Gasteiger partial charge in [-0.15, -0.1) is 0 Å². The molecule has 2 N–H and O–H groups in total. The van der Waals surface area contributed by atoms with Crippen LogP contribution in [0.1, 0.15) is 17.2 Å². The SMILES string of the molecule is CN(C)C(=O)Nc1ccc(F)cc1C(O)c1ccccc1. The van der Waals surface area contributed by atoms with Gasteiger partial charge in [-0.25, -0.2) is 9.18 Å². The summed E-state index contributed by atoms with van der Waals surface area (Å²) in [4.78, 5) is 13.1. The molecular weight excluding hydrogens is 271 g/mol. The first-order valence-electron chi connectivity index (χ1n) is 6.50. The first-order chi connectivity index (χ1) is 9.99. The Balaban J connectivity index is 2.37. The molecule has 0 bridgehead atoms. The fourth-order valence-corrected chi connectivity index (χ4v) is 1.92. The number of aliphatic hydroxyl groups is 1. The molecule has 110 valence electrons. The highest BCUT2D eigenvalue weighted by Crippen LogP contribution is 2.29. The van der Waals surface area contributed by atoms with Gasteiger partial charge in [-0.1, -0.05) is 30.3 Å². The third-order valence-corrected chi connectivity index (χ3v) is 3.07. The lowest BCUT2D eigenvalue weighted by Gasteiger charge is -2.18. The lowest BCUT2D eigenvalue weighted by Crippen LogP contribution is -2.28. The summed E-state index contributed by atoms with van der Waals surface area (Å²) in [6, 6.07) is 12.5. The molecule has 0 aliphatic rings. The maximum Gasteiger partial charge on any atom is 0.321 e. The minimum atomic E-state index is -1.01. The number of hydrogen-bond acceptors (Lipinski definition) is 2. The second-order valence-electron chi connectivity index (χ2n) is 4.87. The van der Waals surface area contributed by atoms with Gasteiger partial charge in [-0.2, -0.15) is 0 Å². The van der Waals surface area contributed by atoms with Gasteiger partial charge in [0.2, 0.25) is 0 Å². The zero-order valence-electron chi connectivity index (χ0n) is 11.9. The number of urea groups is 1.